The van der Waals surface area contributed by atoms with E-state index in [0.29, 0.717) is 11.6 Å². The maximum atomic E-state index is 12.5. The molecule has 0 N–H and O–H groups in total. The van der Waals surface area contributed by atoms with Crippen molar-refractivity contribution >= 4 is 29.3 Å². The van der Waals surface area contributed by atoms with Crippen molar-refractivity contribution in [2.75, 3.05) is 17.2 Å². The lowest BCUT2D eigenvalue weighted by atomic mass is 10.2. The van der Waals surface area contributed by atoms with Crippen molar-refractivity contribution in [3.05, 3.63) is 53.7 Å². The quantitative estimate of drug-likeness (QED) is 0.757. The number of amides is 1. The highest BCUT2D eigenvalue weighted by Crippen LogP contribution is 2.22. The second kappa shape index (κ2) is 7.78. The van der Waals surface area contributed by atoms with Crippen LogP contribution in [0.15, 0.2) is 47.6 Å². The lowest BCUT2D eigenvalue weighted by Crippen LogP contribution is -2.32. The van der Waals surface area contributed by atoms with Gasteiger partial charge in [-0.3, -0.25) is 4.79 Å². The summed E-state index contributed by atoms with van der Waals surface area (Å²) in [7, 11) is 0. The molecule has 1 aromatic carbocycles. The van der Waals surface area contributed by atoms with Crippen LogP contribution in [0, 0.1) is 6.92 Å². The van der Waals surface area contributed by atoms with Crippen molar-refractivity contribution in [1.82, 2.24) is 4.98 Å². The van der Waals surface area contributed by atoms with E-state index >= 15 is 0 Å². The van der Waals surface area contributed by atoms with Crippen LogP contribution in [0.25, 0.3) is 0 Å². The molecule has 0 atom stereocenters. The fourth-order valence-electron chi connectivity index (χ4n) is 2.17. The second-order valence-electron chi connectivity index (χ2n) is 4.91. The second-order valence-corrected chi connectivity index (χ2v) is 5.87. The Hall–Kier alpha value is -2.34. The fraction of sp³-hybridized carbons (Fsp3) is 0.235. The minimum absolute atomic E-state index is 0.00361. The molecule has 0 aliphatic rings. The Kier molecular flexibility index (Phi) is 5.76. The number of hydrogen-bond acceptors (Lipinski definition) is 5. The Morgan fingerprint density at radius 1 is 1.26 bits per heavy atom. The van der Waals surface area contributed by atoms with Crippen LogP contribution in [0.3, 0.4) is 0 Å². The number of aromatic carboxylic acids is 1. The van der Waals surface area contributed by atoms with Gasteiger partial charge in [0.1, 0.15) is 5.03 Å². The van der Waals surface area contributed by atoms with E-state index in [0.717, 1.165) is 23.0 Å². The van der Waals surface area contributed by atoms with Crippen LogP contribution in [-0.2, 0) is 4.79 Å². The zero-order valence-corrected chi connectivity index (χ0v) is 13.8. The maximum absolute atomic E-state index is 12.5. The summed E-state index contributed by atoms with van der Waals surface area (Å²) in [5.74, 6) is -1.28. The Labute approximate surface area is 139 Å². The summed E-state index contributed by atoms with van der Waals surface area (Å²) >= 11 is 1.10. The van der Waals surface area contributed by atoms with Gasteiger partial charge in [0.2, 0.25) is 5.91 Å². The predicted molar refractivity (Wildman–Crippen MR) is 88.5 cm³/mol. The summed E-state index contributed by atoms with van der Waals surface area (Å²) in [4.78, 5) is 29.2. The minimum atomic E-state index is -1.29. The highest BCUT2D eigenvalue weighted by Gasteiger charge is 2.15. The van der Waals surface area contributed by atoms with Crippen molar-refractivity contribution in [2.45, 2.75) is 18.9 Å². The van der Waals surface area contributed by atoms with Crippen LogP contribution in [-0.4, -0.2) is 29.2 Å². The SMILES string of the molecule is CCN(C(=O)CSc1ncccc1C(=O)[O-])c1cccc(C)c1. The van der Waals surface area contributed by atoms with Crippen molar-refractivity contribution in [1.29, 1.82) is 0 Å². The molecule has 0 radical (unpaired) electrons. The van der Waals surface area contributed by atoms with E-state index in [1.807, 2.05) is 38.1 Å². The van der Waals surface area contributed by atoms with E-state index < -0.39 is 5.97 Å². The molecule has 0 aliphatic heterocycles. The number of benzene rings is 1. The number of carbonyl (C=O) groups excluding carboxylic acids is 2. The molecule has 0 bridgehead atoms. The number of nitrogens with zero attached hydrogens (tertiary/aromatic N) is 2. The monoisotopic (exact) mass is 329 g/mol. The number of carboxylic acids is 1. The number of aryl methyl sites for hydroxylation is 1. The topological polar surface area (TPSA) is 73.3 Å². The van der Waals surface area contributed by atoms with Gasteiger partial charge >= 0.3 is 0 Å². The van der Waals surface area contributed by atoms with E-state index in [4.69, 9.17) is 0 Å². The smallest absolute Gasteiger partial charge is 0.237 e. The van der Waals surface area contributed by atoms with Crippen LogP contribution in [0.2, 0.25) is 0 Å². The lowest BCUT2D eigenvalue weighted by molar-refractivity contribution is -0.255. The van der Waals surface area contributed by atoms with Crippen molar-refractivity contribution in [3.8, 4) is 0 Å². The first kappa shape index (κ1) is 17.0. The first-order valence-corrected chi connectivity index (χ1v) is 8.17. The van der Waals surface area contributed by atoms with Gasteiger partial charge in [-0.05, 0) is 43.7 Å². The summed E-state index contributed by atoms with van der Waals surface area (Å²) in [5.41, 5.74) is 1.91. The molecule has 5 nitrogen and oxygen atoms in total. The molecule has 2 rings (SSSR count). The molecular formula is C17H17N2O3S-. The number of pyridine rings is 1. The fourth-order valence-corrected chi connectivity index (χ4v) is 3.03. The van der Waals surface area contributed by atoms with Crippen LogP contribution < -0.4 is 10.0 Å². The summed E-state index contributed by atoms with van der Waals surface area (Å²) < 4.78 is 0. The Balaban J connectivity index is 2.11. The number of thioether (sulfide) groups is 1. The standard InChI is InChI=1S/C17H18N2O3S/c1-3-19(13-7-4-6-12(2)10-13)15(20)11-23-16-14(17(21)22)8-5-9-18-16/h4-10H,3,11H2,1-2H3,(H,21,22)/p-1. The highest BCUT2D eigenvalue weighted by atomic mass is 32.2. The molecule has 1 aromatic heterocycles. The number of aromatic nitrogens is 1. The molecule has 120 valence electrons. The number of carbonyl (C=O) groups is 2. The molecule has 0 spiro atoms. The molecule has 0 fully saturated rings. The van der Waals surface area contributed by atoms with Crippen LogP contribution in [0.4, 0.5) is 5.69 Å². The van der Waals surface area contributed by atoms with Gasteiger partial charge < -0.3 is 14.8 Å². The first-order chi connectivity index (χ1) is 11.0. The third kappa shape index (κ3) is 4.32. The van der Waals surface area contributed by atoms with Crippen molar-refractivity contribution in [2.24, 2.45) is 0 Å². The molecule has 0 unspecified atom stereocenters. The van der Waals surface area contributed by atoms with E-state index in [2.05, 4.69) is 4.98 Å². The average Bonchev–Trinajstić information content (AvgIpc) is 2.54. The highest BCUT2D eigenvalue weighted by molar-refractivity contribution is 8.00. The van der Waals surface area contributed by atoms with E-state index in [-0.39, 0.29) is 17.2 Å². The van der Waals surface area contributed by atoms with Crippen LogP contribution in [0.5, 0.6) is 0 Å². The summed E-state index contributed by atoms with van der Waals surface area (Å²) in [6.45, 7) is 4.41. The number of anilines is 1. The molecular weight excluding hydrogens is 312 g/mol. The van der Waals surface area contributed by atoms with Gasteiger partial charge in [-0.1, -0.05) is 23.9 Å². The zero-order chi connectivity index (χ0) is 16.8. The first-order valence-electron chi connectivity index (χ1n) is 7.19. The van der Waals surface area contributed by atoms with Gasteiger partial charge in [0, 0.05) is 24.0 Å². The molecule has 0 aliphatic carbocycles. The molecule has 2 aromatic rings. The van der Waals surface area contributed by atoms with Gasteiger partial charge in [0.25, 0.3) is 0 Å². The third-order valence-electron chi connectivity index (χ3n) is 3.25. The van der Waals surface area contributed by atoms with E-state index in [9.17, 15) is 14.7 Å². The molecule has 0 saturated heterocycles. The molecule has 0 saturated carbocycles. The number of carboxylic acid groups (broad SMARTS) is 1. The van der Waals surface area contributed by atoms with Gasteiger partial charge in [0.15, 0.2) is 0 Å². The van der Waals surface area contributed by atoms with Gasteiger partial charge in [-0.2, -0.15) is 0 Å². The third-order valence-corrected chi connectivity index (χ3v) is 4.24. The van der Waals surface area contributed by atoms with Gasteiger partial charge in [-0.15, -0.1) is 0 Å². The Morgan fingerprint density at radius 2 is 2.04 bits per heavy atom. The normalized spacial score (nSPS) is 10.3. The van der Waals surface area contributed by atoms with Gasteiger partial charge in [0.05, 0.1) is 11.7 Å². The van der Waals surface area contributed by atoms with Crippen LogP contribution >= 0.6 is 11.8 Å². The maximum Gasteiger partial charge on any atom is 0.237 e. The van der Waals surface area contributed by atoms with Crippen LogP contribution in [0.1, 0.15) is 22.8 Å². The molecule has 1 heterocycles. The molecule has 23 heavy (non-hydrogen) atoms. The Bertz CT molecular complexity index is 718. The van der Waals surface area contributed by atoms with E-state index in [1.54, 1.807) is 4.90 Å². The predicted octanol–water partition coefficient (Wildman–Crippen LogP) is 1.90. The number of rotatable bonds is 6. The average molecular weight is 329 g/mol. The van der Waals surface area contributed by atoms with Crippen molar-refractivity contribution < 1.29 is 14.7 Å². The summed E-state index contributed by atoms with van der Waals surface area (Å²) in [6.07, 6.45) is 1.50. The lowest BCUT2D eigenvalue weighted by Gasteiger charge is -2.21. The number of hydrogen-bond donors (Lipinski definition) is 0. The summed E-state index contributed by atoms with van der Waals surface area (Å²) in [5, 5.41) is 11.3. The van der Waals surface area contributed by atoms with Gasteiger partial charge in [-0.25, -0.2) is 4.98 Å². The summed E-state index contributed by atoms with van der Waals surface area (Å²) in [6, 6.07) is 10.7. The zero-order valence-electron chi connectivity index (χ0n) is 13.0. The molecule has 1 amide bonds. The minimum Gasteiger partial charge on any atom is -0.545 e. The largest absolute Gasteiger partial charge is 0.545 e. The van der Waals surface area contributed by atoms with Crippen molar-refractivity contribution in [3.63, 3.8) is 0 Å². The molecule has 6 heteroatoms. The van der Waals surface area contributed by atoms with E-state index in [1.165, 1.54) is 18.3 Å². The Morgan fingerprint density at radius 3 is 2.70 bits per heavy atom.